The van der Waals surface area contributed by atoms with Crippen LogP contribution in [-0.2, 0) is 0 Å². The molecule has 1 aliphatic heterocycles. The molecular formula is C20H20FN5O2. The zero-order valence-electron chi connectivity index (χ0n) is 15.8. The zero-order chi connectivity index (χ0) is 20.5. The number of carbonyl (C=O) groups excluding carboxylic acids is 1. The molecule has 1 aromatic heterocycles. The number of hydrogen-bond donors (Lipinski definition) is 3. The number of rotatable bonds is 2. The second-order valence-corrected chi connectivity index (χ2v) is 7.42. The number of halogens is 1. The first-order chi connectivity index (χ1) is 13.2. The Bertz CT molecular complexity index is 1020. The van der Waals surface area contributed by atoms with Gasteiger partial charge in [0.1, 0.15) is 5.75 Å². The maximum Gasteiger partial charge on any atom is 0.261 e. The molecule has 0 bridgehead atoms. The normalized spacial score (nSPS) is 15.2. The van der Waals surface area contributed by atoms with Gasteiger partial charge in [0.25, 0.3) is 5.91 Å². The molecule has 8 heteroatoms. The Morgan fingerprint density at radius 3 is 2.82 bits per heavy atom. The number of amides is 1. The predicted octanol–water partition coefficient (Wildman–Crippen LogP) is 3.17. The quantitative estimate of drug-likeness (QED) is 0.550. The number of benzene rings is 1. The van der Waals surface area contributed by atoms with Gasteiger partial charge < -0.3 is 10.4 Å². The van der Waals surface area contributed by atoms with Gasteiger partial charge in [0.2, 0.25) is 5.95 Å². The minimum absolute atomic E-state index is 0.0305. The van der Waals surface area contributed by atoms with Crippen molar-refractivity contribution in [2.75, 3.05) is 13.1 Å². The zero-order valence-corrected chi connectivity index (χ0v) is 15.8. The number of hydrogen-bond acceptors (Lipinski definition) is 5. The number of phenolic OH excluding ortho intramolecular Hbond substituents is 1. The van der Waals surface area contributed by atoms with Crippen molar-refractivity contribution >= 4 is 17.6 Å². The number of aromatic hydroxyl groups is 1. The molecule has 0 unspecified atom stereocenters. The van der Waals surface area contributed by atoms with E-state index < -0.39 is 11.9 Å². The largest absolute Gasteiger partial charge is 0.507 e. The fourth-order valence-corrected chi connectivity index (χ4v) is 2.93. The van der Waals surface area contributed by atoms with Crippen molar-refractivity contribution < 1.29 is 14.3 Å². The highest BCUT2D eigenvalue weighted by Gasteiger charge is 2.26. The molecule has 0 fully saturated rings. The number of aliphatic imine (C=N–C) groups is 1. The average Bonchev–Trinajstić information content (AvgIpc) is 2.65. The highest BCUT2D eigenvalue weighted by molar-refractivity contribution is 6.12. The van der Waals surface area contributed by atoms with Crippen LogP contribution in [0.4, 0.5) is 10.1 Å². The maximum atomic E-state index is 13.8. The van der Waals surface area contributed by atoms with Gasteiger partial charge in [-0.2, -0.15) is 4.39 Å². The van der Waals surface area contributed by atoms with Gasteiger partial charge in [0.15, 0.2) is 11.6 Å². The molecule has 144 valence electrons. The van der Waals surface area contributed by atoms with E-state index in [2.05, 4.69) is 25.5 Å². The summed E-state index contributed by atoms with van der Waals surface area (Å²) in [6.45, 7) is 14.4. The fraction of sp³-hybridized carbons (Fsp3) is 0.300. The van der Waals surface area contributed by atoms with Crippen LogP contribution in [0.15, 0.2) is 29.4 Å². The molecular weight excluding hydrogens is 361 g/mol. The van der Waals surface area contributed by atoms with Gasteiger partial charge in [-0.15, -0.1) is 0 Å². The Labute approximate surface area is 162 Å². The SMILES string of the molecule is [C-]#[N+]c1ccc(O)c(C(=O)NC2=NCC(C)(C)CN2)c1-c1cc(F)ncc1C. The van der Waals surface area contributed by atoms with Gasteiger partial charge in [0, 0.05) is 36.3 Å². The van der Waals surface area contributed by atoms with E-state index >= 15 is 0 Å². The highest BCUT2D eigenvalue weighted by atomic mass is 19.1. The van der Waals surface area contributed by atoms with E-state index in [9.17, 15) is 14.3 Å². The Kier molecular flexibility index (Phi) is 5.01. The number of aromatic nitrogens is 1. The van der Waals surface area contributed by atoms with Crippen LogP contribution in [0.3, 0.4) is 0 Å². The Balaban J connectivity index is 2.08. The molecule has 3 rings (SSSR count). The van der Waals surface area contributed by atoms with Gasteiger partial charge in [-0.05, 0) is 24.1 Å². The number of phenols is 1. The summed E-state index contributed by atoms with van der Waals surface area (Å²) in [6.07, 6.45) is 1.32. The van der Waals surface area contributed by atoms with Gasteiger partial charge in [-0.3, -0.25) is 15.1 Å². The molecule has 1 aromatic carbocycles. The smallest absolute Gasteiger partial charge is 0.261 e. The lowest BCUT2D eigenvalue weighted by Crippen LogP contribution is -2.49. The van der Waals surface area contributed by atoms with Crippen molar-refractivity contribution in [3.63, 3.8) is 0 Å². The van der Waals surface area contributed by atoms with E-state index in [1.165, 1.54) is 18.3 Å². The minimum Gasteiger partial charge on any atom is -0.507 e. The molecule has 0 aliphatic carbocycles. The third kappa shape index (κ3) is 3.78. The van der Waals surface area contributed by atoms with Crippen molar-refractivity contribution in [3.8, 4) is 16.9 Å². The van der Waals surface area contributed by atoms with E-state index in [0.29, 0.717) is 30.2 Å². The third-order valence-corrected chi connectivity index (χ3v) is 4.48. The number of carbonyl (C=O) groups is 1. The van der Waals surface area contributed by atoms with E-state index in [4.69, 9.17) is 6.57 Å². The second-order valence-electron chi connectivity index (χ2n) is 7.42. The molecule has 1 amide bonds. The molecule has 0 spiro atoms. The minimum atomic E-state index is -0.744. The van der Waals surface area contributed by atoms with Gasteiger partial charge in [-0.25, -0.2) is 9.83 Å². The van der Waals surface area contributed by atoms with Gasteiger partial charge in [0.05, 0.1) is 12.1 Å². The summed E-state index contributed by atoms with van der Waals surface area (Å²) in [6, 6.07) is 3.82. The summed E-state index contributed by atoms with van der Waals surface area (Å²) in [5.74, 6) is -1.40. The van der Waals surface area contributed by atoms with E-state index in [1.807, 2.05) is 13.8 Å². The van der Waals surface area contributed by atoms with Crippen LogP contribution < -0.4 is 10.6 Å². The first-order valence-corrected chi connectivity index (χ1v) is 8.67. The number of guanidine groups is 1. The molecule has 2 heterocycles. The lowest BCUT2D eigenvalue weighted by molar-refractivity contribution is 0.0972. The van der Waals surface area contributed by atoms with Crippen molar-refractivity contribution in [2.45, 2.75) is 20.8 Å². The number of nitrogens with zero attached hydrogens (tertiary/aromatic N) is 3. The lowest BCUT2D eigenvalue weighted by Gasteiger charge is -2.29. The van der Waals surface area contributed by atoms with Crippen molar-refractivity contribution in [3.05, 3.63) is 52.9 Å². The molecule has 2 aromatic rings. The molecule has 0 saturated carbocycles. The van der Waals surface area contributed by atoms with Crippen LogP contribution >= 0.6 is 0 Å². The first kappa shape index (κ1) is 19.3. The Morgan fingerprint density at radius 2 is 2.18 bits per heavy atom. The van der Waals surface area contributed by atoms with Gasteiger partial charge in [-0.1, -0.05) is 19.9 Å². The van der Waals surface area contributed by atoms with Crippen LogP contribution in [0, 0.1) is 24.9 Å². The molecule has 1 aliphatic rings. The number of nitrogens with one attached hydrogen (secondary N) is 2. The van der Waals surface area contributed by atoms with E-state index in [-0.39, 0.29) is 28.0 Å². The van der Waals surface area contributed by atoms with E-state index in [0.717, 1.165) is 6.07 Å². The fourth-order valence-electron chi connectivity index (χ4n) is 2.93. The van der Waals surface area contributed by atoms with Crippen molar-refractivity contribution in [2.24, 2.45) is 10.4 Å². The summed E-state index contributed by atoms with van der Waals surface area (Å²) in [4.78, 5) is 24.3. The van der Waals surface area contributed by atoms with Gasteiger partial charge >= 0.3 is 0 Å². The highest BCUT2D eigenvalue weighted by Crippen LogP contribution is 2.40. The van der Waals surface area contributed by atoms with Crippen LogP contribution in [-0.4, -0.2) is 35.0 Å². The number of aryl methyl sites for hydroxylation is 1. The van der Waals surface area contributed by atoms with Crippen molar-refractivity contribution in [1.29, 1.82) is 0 Å². The van der Waals surface area contributed by atoms with Crippen LogP contribution in [0.25, 0.3) is 16.0 Å². The van der Waals surface area contributed by atoms with Crippen molar-refractivity contribution in [1.82, 2.24) is 15.6 Å². The summed E-state index contributed by atoms with van der Waals surface area (Å²) < 4.78 is 13.8. The Hall–Kier alpha value is -3.47. The third-order valence-electron chi connectivity index (χ3n) is 4.48. The summed E-state index contributed by atoms with van der Waals surface area (Å²) in [7, 11) is 0. The van der Waals surface area contributed by atoms with E-state index in [1.54, 1.807) is 6.92 Å². The van der Waals surface area contributed by atoms with Crippen LogP contribution in [0.2, 0.25) is 0 Å². The number of pyridine rings is 1. The maximum absolute atomic E-state index is 13.8. The molecule has 7 nitrogen and oxygen atoms in total. The molecule has 0 saturated heterocycles. The summed E-state index contributed by atoms with van der Waals surface area (Å²) in [5.41, 5.74) is 1.02. The molecule has 28 heavy (non-hydrogen) atoms. The second kappa shape index (κ2) is 7.27. The predicted molar refractivity (Wildman–Crippen MR) is 104 cm³/mol. The standard InChI is InChI=1S/C20H20FN5O2/c1-11-8-23-15(21)7-12(11)16-13(22-4)5-6-14(27)17(16)18(28)26-19-24-9-20(2,3)10-25-19/h5-8,27H,9-10H2,1-3H3,(H2,24,25,26,28). The summed E-state index contributed by atoms with van der Waals surface area (Å²) >= 11 is 0. The summed E-state index contributed by atoms with van der Waals surface area (Å²) in [5, 5.41) is 16.1. The van der Waals surface area contributed by atoms with Crippen LogP contribution in [0.5, 0.6) is 5.75 Å². The first-order valence-electron chi connectivity index (χ1n) is 8.67. The molecule has 0 atom stereocenters. The monoisotopic (exact) mass is 381 g/mol. The topological polar surface area (TPSA) is 91.0 Å². The molecule has 0 radical (unpaired) electrons. The lowest BCUT2D eigenvalue weighted by atomic mass is 9.93. The Morgan fingerprint density at radius 1 is 1.43 bits per heavy atom. The average molecular weight is 381 g/mol. The van der Waals surface area contributed by atoms with Crippen LogP contribution in [0.1, 0.15) is 29.8 Å². The molecule has 3 N–H and O–H groups in total.